The number of piperidine rings is 1. The largest absolute Gasteiger partial charge is 0.368 e. The Balaban J connectivity index is 1.61. The van der Waals surface area contributed by atoms with Crippen molar-refractivity contribution in [2.45, 2.75) is 26.7 Å². The molecule has 2 aromatic rings. The van der Waals surface area contributed by atoms with Crippen LogP contribution in [0.3, 0.4) is 0 Å². The van der Waals surface area contributed by atoms with E-state index in [1.165, 1.54) is 0 Å². The van der Waals surface area contributed by atoms with Crippen molar-refractivity contribution >= 4 is 17.2 Å². The zero-order valence-electron chi connectivity index (χ0n) is 12.5. The smallest absolute Gasteiger partial charge is 0.219 e. The van der Waals surface area contributed by atoms with E-state index in [0.29, 0.717) is 5.92 Å². The van der Waals surface area contributed by atoms with Gasteiger partial charge in [0.15, 0.2) is 5.82 Å². The highest BCUT2D eigenvalue weighted by molar-refractivity contribution is 5.73. The monoisotopic (exact) mass is 287 g/mol. The van der Waals surface area contributed by atoms with Crippen molar-refractivity contribution < 1.29 is 4.79 Å². The number of amides is 1. The summed E-state index contributed by atoms with van der Waals surface area (Å²) in [6.07, 6.45) is 5.72. The van der Waals surface area contributed by atoms with Gasteiger partial charge in [-0.1, -0.05) is 0 Å². The van der Waals surface area contributed by atoms with Crippen LogP contribution in [0.1, 0.15) is 25.5 Å². The molecule has 1 aliphatic rings. The van der Waals surface area contributed by atoms with Crippen LogP contribution in [0.25, 0.3) is 5.52 Å². The van der Waals surface area contributed by atoms with E-state index >= 15 is 0 Å². The van der Waals surface area contributed by atoms with Crippen LogP contribution in [-0.2, 0) is 4.79 Å². The van der Waals surface area contributed by atoms with Gasteiger partial charge < -0.3 is 10.2 Å². The van der Waals surface area contributed by atoms with Gasteiger partial charge in [-0.2, -0.15) is 5.10 Å². The van der Waals surface area contributed by atoms with Crippen molar-refractivity contribution in [1.82, 2.24) is 19.5 Å². The number of rotatable bonds is 3. The van der Waals surface area contributed by atoms with Crippen molar-refractivity contribution in [2.75, 3.05) is 25.0 Å². The third-order valence-corrected chi connectivity index (χ3v) is 4.13. The van der Waals surface area contributed by atoms with Gasteiger partial charge in [0, 0.05) is 39.0 Å². The Morgan fingerprint density at radius 2 is 2.19 bits per heavy atom. The molecular weight excluding hydrogens is 266 g/mol. The van der Waals surface area contributed by atoms with Gasteiger partial charge in [0.2, 0.25) is 5.91 Å². The fourth-order valence-electron chi connectivity index (χ4n) is 2.87. The molecule has 1 N–H and O–H groups in total. The first kappa shape index (κ1) is 13.9. The zero-order valence-corrected chi connectivity index (χ0v) is 12.5. The lowest BCUT2D eigenvalue weighted by Gasteiger charge is -2.31. The molecule has 2 aromatic heterocycles. The third-order valence-electron chi connectivity index (χ3n) is 4.13. The van der Waals surface area contributed by atoms with Gasteiger partial charge in [-0.05, 0) is 31.7 Å². The van der Waals surface area contributed by atoms with Crippen molar-refractivity contribution in [3.63, 3.8) is 0 Å². The molecule has 0 aliphatic carbocycles. The van der Waals surface area contributed by atoms with E-state index in [9.17, 15) is 4.79 Å². The van der Waals surface area contributed by atoms with Crippen LogP contribution in [0, 0.1) is 12.8 Å². The highest BCUT2D eigenvalue weighted by Gasteiger charge is 2.20. The summed E-state index contributed by atoms with van der Waals surface area (Å²) in [5.74, 6) is 1.65. The van der Waals surface area contributed by atoms with E-state index in [1.807, 2.05) is 28.6 Å². The minimum atomic E-state index is 0.183. The van der Waals surface area contributed by atoms with Crippen LogP contribution in [0.2, 0.25) is 0 Å². The molecule has 112 valence electrons. The number of carbonyl (C=O) groups excluding carboxylic acids is 1. The molecule has 1 fully saturated rings. The SMILES string of the molecule is CC(=O)N1CCC(CNc2nccn3nc(C)cc23)CC1. The quantitative estimate of drug-likeness (QED) is 0.933. The second kappa shape index (κ2) is 5.71. The van der Waals surface area contributed by atoms with Crippen molar-refractivity contribution in [1.29, 1.82) is 0 Å². The number of likely N-dealkylation sites (tertiary alicyclic amines) is 1. The highest BCUT2D eigenvalue weighted by Crippen LogP contribution is 2.20. The van der Waals surface area contributed by atoms with E-state index in [-0.39, 0.29) is 5.91 Å². The van der Waals surface area contributed by atoms with Crippen LogP contribution in [0.4, 0.5) is 5.82 Å². The van der Waals surface area contributed by atoms with Gasteiger partial charge in [-0.25, -0.2) is 9.50 Å². The van der Waals surface area contributed by atoms with Crippen LogP contribution in [0.15, 0.2) is 18.5 Å². The molecule has 1 aliphatic heterocycles. The normalized spacial score (nSPS) is 16.4. The lowest BCUT2D eigenvalue weighted by atomic mass is 9.97. The summed E-state index contributed by atoms with van der Waals surface area (Å²) in [7, 11) is 0. The molecule has 0 bridgehead atoms. The van der Waals surface area contributed by atoms with E-state index in [2.05, 4.69) is 15.4 Å². The van der Waals surface area contributed by atoms with Gasteiger partial charge in [-0.3, -0.25) is 4.79 Å². The number of nitrogens with zero attached hydrogens (tertiary/aromatic N) is 4. The summed E-state index contributed by atoms with van der Waals surface area (Å²) in [5.41, 5.74) is 2.00. The molecule has 0 saturated carbocycles. The second-order valence-corrected chi connectivity index (χ2v) is 5.72. The molecule has 21 heavy (non-hydrogen) atoms. The van der Waals surface area contributed by atoms with Crippen molar-refractivity contribution in [3.8, 4) is 0 Å². The van der Waals surface area contributed by atoms with Gasteiger partial charge in [0.1, 0.15) is 5.52 Å². The number of hydrogen-bond acceptors (Lipinski definition) is 4. The lowest BCUT2D eigenvalue weighted by molar-refractivity contribution is -0.130. The minimum Gasteiger partial charge on any atom is -0.368 e. The van der Waals surface area contributed by atoms with Crippen molar-refractivity contribution in [2.24, 2.45) is 5.92 Å². The highest BCUT2D eigenvalue weighted by atomic mass is 16.2. The van der Waals surface area contributed by atoms with Crippen LogP contribution >= 0.6 is 0 Å². The molecule has 1 amide bonds. The van der Waals surface area contributed by atoms with Crippen LogP contribution in [0.5, 0.6) is 0 Å². The lowest BCUT2D eigenvalue weighted by Crippen LogP contribution is -2.38. The van der Waals surface area contributed by atoms with E-state index in [4.69, 9.17) is 0 Å². The zero-order chi connectivity index (χ0) is 14.8. The maximum atomic E-state index is 11.3. The molecule has 0 unspecified atom stereocenters. The molecule has 0 aromatic carbocycles. The number of hydrogen-bond donors (Lipinski definition) is 1. The van der Waals surface area contributed by atoms with Gasteiger partial charge >= 0.3 is 0 Å². The first-order valence-electron chi connectivity index (χ1n) is 7.44. The molecule has 3 heterocycles. The number of nitrogens with one attached hydrogen (secondary N) is 1. The fourth-order valence-corrected chi connectivity index (χ4v) is 2.87. The predicted molar refractivity (Wildman–Crippen MR) is 81.2 cm³/mol. The summed E-state index contributed by atoms with van der Waals surface area (Å²) in [4.78, 5) is 17.7. The standard InChI is InChI=1S/C15H21N5O/c1-11-9-14-15(16-5-8-20(14)18-11)17-10-13-3-6-19(7-4-13)12(2)21/h5,8-9,13H,3-4,6-7,10H2,1-2H3,(H,16,17). The van der Waals surface area contributed by atoms with Gasteiger partial charge in [0.25, 0.3) is 0 Å². The average molecular weight is 287 g/mol. The summed E-state index contributed by atoms with van der Waals surface area (Å²) in [6, 6.07) is 2.04. The van der Waals surface area contributed by atoms with E-state index in [0.717, 1.165) is 49.5 Å². The summed E-state index contributed by atoms with van der Waals surface area (Å²) in [5, 5.41) is 7.83. The number of aryl methyl sites for hydroxylation is 1. The topological polar surface area (TPSA) is 62.5 Å². The Morgan fingerprint density at radius 1 is 1.43 bits per heavy atom. The molecule has 0 spiro atoms. The Morgan fingerprint density at radius 3 is 2.90 bits per heavy atom. The summed E-state index contributed by atoms with van der Waals surface area (Å²) >= 11 is 0. The fraction of sp³-hybridized carbons (Fsp3) is 0.533. The first-order chi connectivity index (χ1) is 10.1. The Labute approximate surface area is 124 Å². The van der Waals surface area contributed by atoms with Crippen molar-refractivity contribution in [3.05, 3.63) is 24.2 Å². The third kappa shape index (κ3) is 2.99. The molecule has 1 saturated heterocycles. The Hall–Kier alpha value is -2.11. The average Bonchev–Trinajstić information content (AvgIpc) is 2.86. The Kier molecular flexibility index (Phi) is 3.77. The maximum absolute atomic E-state index is 11.3. The number of fused-ring (bicyclic) bond motifs is 1. The molecular formula is C15H21N5O. The summed E-state index contributed by atoms with van der Waals surface area (Å²) < 4.78 is 1.85. The van der Waals surface area contributed by atoms with Crippen LogP contribution in [-0.4, -0.2) is 45.0 Å². The first-order valence-corrected chi connectivity index (χ1v) is 7.44. The molecule has 0 radical (unpaired) electrons. The van der Waals surface area contributed by atoms with E-state index < -0.39 is 0 Å². The van der Waals surface area contributed by atoms with Gasteiger partial charge in [0.05, 0.1) is 5.69 Å². The number of aromatic nitrogens is 3. The second-order valence-electron chi connectivity index (χ2n) is 5.72. The van der Waals surface area contributed by atoms with Gasteiger partial charge in [-0.15, -0.1) is 0 Å². The number of carbonyl (C=O) groups is 1. The molecule has 6 heteroatoms. The van der Waals surface area contributed by atoms with E-state index in [1.54, 1.807) is 13.1 Å². The Bertz CT molecular complexity index is 643. The molecule has 6 nitrogen and oxygen atoms in total. The maximum Gasteiger partial charge on any atom is 0.219 e. The molecule has 3 rings (SSSR count). The number of anilines is 1. The van der Waals surface area contributed by atoms with Crippen LogP contribution < -0.4 is 5.32 Å². The molecule has 0 atom stereocenters. The summed E-state index contributed by atoms with van der Waals surface area (Å²) in [6.45, 7) is 6.25. The minimum absolute atomic E-state index is 0.183. The predicted octanol–water partition coefficient (Wildman–Crippen LogP) is 1.71.